The van der Waals surface area contributed by atoms with Crippen molar-refractivity contribution in [3.63, 3.8) is 0 Å². The van der Waals surface area contributed by atoms with Crippen molar-refractivity contribution < 1.29 is 14.5 Å². The van der Waals surface area contributed by atoms with Crippen molar-refractivity contribution >= 4 is 40.1 Å². The van der Waals surface area contributed by atoms with Crippen LogP contribution in [-0.2, 0) is 4.74 Å². The fourth-order valence-electron chi connectivity index (χ4n) is 1.35. The first kappa shape index (κ1) is 15.2. The van der Waals surface area contributed by atoms with Crippen LogP contribution in [0.4, 0.5) is 16.2 Å². The molecule has 0 fully saturated rings. The van der Waals surface area contributed by atoms with Crippen LogP contribution in [0.2, 0.25) is 0 Å². The van der Waals surface area contributed by atoms with Gasteiger partial charge in [0, 0.05) is 34.7 Å². The summed E-state index contributed by atoms with van der Waals surface area (Å²) in [5.74, 6) is 2.73. The van der Waals surface area contributed by atoms with Crippen molar-refractivity contribution in [3.05, 3.63) is 34.4 Å². The first-order chi connectivity index (χ1) is 9.10. The van der Waals surface area contributed by atoms with Gasteiger partial charge in [-0.15, -0.1) is 0 Å². The molecule has 0 N–H and O–H groups in total. The van der Waals surface area contributed by atoms with E-state index < -0.39 is 11.0 Å². The van der Waals surface area contributed by atoms with E-state index >= 15 is 0 Å². The van der Waals surface area contributed by atoms with Gasteiger partial charge in [-0.3, -0.25) is 15.0 Å². The van der Waals surface area contributed by atoms with Crippen LogP contribution in [0.15, 0.2) is 24.3 Å². The fraction of sp³-hybridized carbons (Fsp3) is 0.250. The fourth-order valence-corrected chi connectivity index (χ4v) is 1.52. The molecule has 0 spiro atoms. The summed E-state index contributed by atoms with van der Waals surface area (Å²) in [7, 11) is 0. The normalized spacial score (nSPS) is 9.16. The van der Waals surface area contributed by atoms with E-state index in [1.54, 1.807) is 13.0 Å². The van der Waals surface area contributed by atoms with Crippen LogP contribution >= 0.6 is 22.6 Å². The molecule has 0 radical (unpaired) electrons. The third-order valence-electron chi connectivity index (χ3n) is 2.14. The number of ether oxygens (including phenoxy) is 1. The Morgan fingerprint density at radius 3 is 2.89 bits per heavy atom. The summed E-state index contributed by atoms with van der Waals surface area (Å²) in [4.78, 5) is 23.3. The second-order valence-electron chi connectivity index (χ2n) is 3.33. The van der Waals surface area contributed by atoms with Gasteiger partial charge in [0.25, 0.3) is 5.69 Å². The number of halogens is 1. The molecule has 0 bridgehead atoms. The van der Waals surface area contributed by atoms with Gasteiger partial charge < -0.3 is 4.74 Å². The molecule has 1 rings (SSSR count). The van der Waals surface area contributed by atoms with Crippen molar-refractivity contribution in [2.75, 3.05) is 18.1 Å². The Kier molecular flexibility index (Phi) is 6.08. The number of nitrogens with zero attached hydrogens (tertiary/aromatic N) is 2. The highest BCUT2D eigenvalue weighted by atomic mass is 127. The zero-order valence-electron chi connectivity index (χ0n) is 10.1. The van der Waals surface area contributed by atoms with Gasteiger partial charge in [-0.05, 0) is 16.9 Å². The maximum absolute atomic E-state index is 11.8. The van der Waals surface area contributed by atoms with Crippen LogP contribution in [0.1, 0.15) is 6.92 Å². The number of hydrogen-bond donors (Lipinski definition) is 0. The highest BCUT2D eigenvalue weighted by molar-refractivity contribution is 14.1. The number of carbonyl (C=O) groups excluding carboxylic acids is 1. The third kappa shape index (κ3) is 4.40. The van der Waals surface area contributed by atoms with Crippen LogP contribution < -0.4 is 4.90 Å². The first-order valence-electron chi connectivity index (χ1n) is 5.37. The molecule has 0 saturated heterocycles. The van der Waals surface area contributed by atoms with E-state index in [1.165, 1.54) is 23.1 Å². The lowest BCUT2D eigenvalue weighted by Crippen LogP contribution is -2.31. The highest BCUT2D eigenvalue weighted by Crippen LogP contribution is 2.21. The monoisotopic (exact) mass is 374 g/mol. The second kappa shape index (κ2) is 7.58. The summed E-state index contributed by atoms with van der Waals surface area (Å²) < 4.78 is 7.54. The molecule has 1 amide bonds. The SMILES string of the molecule is CCOC(=O)N(CC#CI)c1cccc([N+](=O)[O-])c1. The Morgan fingerprint density at radius 2 is 2.32 bits per heavy atom. The number of non-ortho nitro benzene ring substituents is 1. The van der Waals surface area contributed by atoms with Crippen molar-refractivity contribution in [1.82, 2.24) is 0 Å². The molecule has 0 aliphatic heterocycles. The Labute approximate surface area is 124 Å². The van der Waals surface area contributed by atoms with Crippen LogP contribution in [0.25, 0.3) is 0 Å². The van der Waals surface area contributed by atoms with Gasteiger partial charge in [0.2, 0.25) is 0 Å². The minimum absolute atomic E-state index is 0.0887. The summed E-state index contributed by atoms with van der Waals surface area (Å²) >= 11 is 1.85. The number of amides is 1. The number of rotatable bonds is 4. The molecule has 0 aliphatic rings. The molecule has 1 aromatic carbocycles. The number of anilines is 1. The van der Waals surface area contributed by atoms with Crippen LogP contribution in [-0.4, -0.2) is 24.2 Å². The molecule has 0 aromatic heterocycles. The van der Waals surface area contributed by atoms with Crippen molar-refractivity contribution in [3.8, 4) is 9.85 Å². The van der Waals surface area contributed by atoms with Gasteiger partial charge in [-0.2, -0.15) is 0 Å². The lowest BCUT2D eigenvalue weighted by molar-refractivity contribution is -0.384. The summed E-state index contributed by atoms with van der Waals surface area (Å²) in [5, 5.41) is 10.7. The molecular formula is C12H11IN2O4. The van der Waals surface area contributed by atoms with E-state index in [1.807, 2.05) is 22.6 Å². The second-order valence-corrected chi connectivity index (χ2v) is 3.87. The third-order valence-corrected chi connectivity index (χ3v) is 2.53. The summed E-state index contributed by atoms with van der Waals surface area (Å²) in [6.07, 6.45) is -0.581. The summed E-state index contributed by atoms with van der Waals surface area (Å²) in [5.41, 5.74) is 0.293. The van der Waals surface area contributed by atoms with Crippen LogP contribution in [0.3, 0.4) is 0 Å². The molecule has 0 unspecified atom stereocenters. The first-order valence-corrected chi connectivity index (χ1v) is 6.45. The molecule has 0 saturated carbocycles. The largest absolute Gasteiger partial charge is 0.449 e. The molecular weight excluding hydrogens is 363 g/mol. The van der Waals surface area contributed by atoms with Crippen molar-refractivity contribution in [2.45, 2.75) is 6.92 Å². The van der Waals surface area contributed by atoms with Gasteiger partial charge in [-0.25, -0.2) is 4.79 Å². The Morgan fingerprint density at radius 1 is 1.58 bits per heavy atom. The van der Waals surface area contributed by atoms with Crippen molar-refractivity contribution in [1.29, 1.82) is 0 Å². The Bertz CT molecular complexity index is 536. The molecule has 0 heterocycles. The Balaban J connectivity index is 3.07. The smallest absolute Gasteiger partial charge is 0.415 e. The molecule has 19 heavy (non-hydrogen) atoms. The maximum atomic E-state index is 11.8. The maximum Gasteiger partial charge on any atom is 0.415 e. The Hall–Kier alpha value is -1.82. The van der Waals surface area contributed by atoms with Crippen LogP contribution in [0, 0.1) is 20.0 Å². The van der Waals surface area contributed by atoms with E-state index in [2.05, 4.69) is 9.85 Å². The topological polar surface area (TPSA) is 72.7 Å². The molecule has 7 heteroatoms. The van der Waals surface area contributed by atoms with E-state index in [0.717, 1.165) is 0 Å². The predicted molar refractivity (Wildman–Crippen MR) is 79.3 cm³/mol. The lowest BCUT2D eigenvalue weighted by Gasteiger charge is -2.19. The van der Waals surface area contributed by atoms with Crippen LogP contribution in [0.5, 0.6) is 0 Å². The quantitative estimate of drug-likeness (QED) is 0.352. The van der Waals surface area contributed by atoms with Gasteiger partial charge in [0.05, 0.1) is 23.8 Å². The van der Waals surface area contributed by atoms with Gasteiger partial charge >= 0.3 is 6.09 Å². The average molecular weight is 374 g/mol. The zero-order chi connectivity index (χ0) is 14.3. The van der Waals surface area contributed by atoms with E-state index in [-0.39, 0.29) is 18.8 Å². The number of nitro groups is 1. The standard InChI is InChI=1S/C12H11IN2O4/c1-2-19-12(16)14(8-4-7-13)10-5-3-6-11(9-10)15(17)18/h3,5-6,9H,2,8H2,1H3. The van der Waals surface area contributed by atoms with E-state index in [0.29, 0.717) is 5.69 Å². The van der Waals surface area contributed by atoms with Gasteiger partial charge in [-0.1, -0.05) is 12.0 Å². The lowest BCUT2D eigenvalue weighted by atomic mass is 10.2. The van der Waals surface area contributed by atoms with Gasteiger partial charge in [0.15, 0.2) is 0 Å². The predicted octanol–water partition coefficient (Wildman–Crippen LogP) is 2.95. The van der Waals surface area contributed by atoms with Crippen molar-refractivity contribution in [2.24, 2.45) is 0 Å². The summed E-state index contributed by atoms with van der Waals surface area (Å²) in [6.45, 7) is 2.03. The highest BCUT2D eigenvalue weighted by Gasteiger charge is 2.18. The van der Waals surface area contributed by atoms with E-state index in [4.69, 9.17) is 4.74 Å². The summed E-state index contributed by atoms with van der Waals surface area (Å²) in [6, 6.07) is 5.78. The minimum Gasteiger partial charge on any atom is -0.449 e. The number of benzene rings is 1. The zero-order valence-corrected chi connectivity index (χ0v) is 12.3. The van der Waals surface area contributed by atoms with E-state index in [9.17, 15) is 14.9 Å². The number of carbonyl (C=O) groups is 1. The molecule has 1 aromatic rings. The number of nitro benzene ring substituents is 1. The molecule has 6 nitrogen and oxygen atoms in total. The average Bonchev–Trinajstić information content (AvgIpc) is 2.40. The minimum atomic E-state index is -0.581. The molecule has 100 valence electrons. The number of hydrogen-bond acceptors (Lipinski definition) is 4. The molecule has 0 atom stereocenters. The van der Waals surface area contributed by atoms with Gasteiger partial charge in [0.1, 0.15) is 0 Å². The molecule has 0 aliphatic carbocycles.